The lowest BCUT2D eigenvalue weighted by Crippen LogP contribution is -2.24. The van der Waals surface area contributed by atoms with Crippen molar-refractivity contribution in [2.75, 3.05) is 6.54 Å². The van der Waals surface area contributed by atoms with Crippen molar-refractivity contribution in [3.05, 3.63) is 48.0 Å². The predicted octanol–water partition coefficient (Wildman–Crippen LogP) is 1.69. The minimum atomic E-state index is 0.0974. The molecule has 2 nitrogen and oxygen atoms in total. The molecule has 2 heteroatoms. The first-order valence-electron chi connectivity index (χ1n) is 4.51. The normalized spacial score (nSPS) is 20.8. The minimum absolute atomic E-state index is 0.0974. The number of hydrogen-bond donors (Lipinski definition) is 1. The van der Waals surface area contributed by atoms with E-state index in [2.05, 4.69) is 23.5 Å². The maximum Gasteiger partial charge on any atom is 0.128 e. The minimum Gasteiger partial charge on any atom is -0.355 e. The smallest absolute Gasteiger partial charge is 0.128 e. The van der Waals surface area contributed by atoms with Crippen molar-refractivity contribution < 1.29 is 4.74 Å². The number of benzene rings is 1. The summed E-state index contributed by atoms with van der Waals surface area (Å²) in [5, 5.41) is 3.19. The number of ether oxygens (including phenoxy) is 1. The van der Waals surface area contributed by atoms with Gasteiger partial charge < -0.3 is 4.74 Å². The summed E-state index contributed by atoms with van der Waals surface area (Å²) in [5.74, 6) is 0. The fourth-order valence-corrected chi connectivity index (χ4v) is 1.32. The van der Waals surface area contributed by atoms with Crippen LogP contribution >= 0.6 is 0 Å². The van der Waals surface area contributed by atoms with Gasteiger partial charge in [0.15, 0.2) is 0 Å². The van der Waals surface area contributed by atoms with Crippen LogP contribution in [0.5, 0.6) is 0 Å². The fourth-order valence-electron chi connectivity index (χ4n) is 1.32. The molecule has 0 fully saturated rings. The van der Waals surface area contributed by atoms with Gasteiger partial charge in [-0.05, 0) is 11.6 Å². The first kappa shape index (κ1) is 8.48. The molecule has 13 heavy (non-hydrogen) atoms. The van der Waals surface area contributed by atoms with Crippen LogP contribution in [0, 0.1) is 0 Å². The van der Waals surface area contributed by atoms with Gasteiger partial charge in [-0.1, -0.05) is 36.4 Å². The van der Waals surface area contributed by atoms with E-state index in [0.717, 1.165) is 6.54 Å². The maximum atomic E-state index is 5.59. The molecule has 0 saturated heterocycles. The molecular weight excluding hydrogens is 162 g/mol. The van der Waals surface area contributed by atoms with Crippen LogP contribution in [-0.4, -0.2) is 12.8 Å². The van der Waals surface area contributed by atoms with Crippen molar-refractivity contribution in [3.8, 4) is 0 Å². The van der Waals surface area contributed by atoms with E-state index in [-0.39, 0.29) is 6.23 Å². The molecule has 0 aliphatic carbocycles. The molecule has 2 rings (SSSR count). The van der Waals surface area contributed by atoms with Crippen molar-refractivity contribution in [3.63, 3.8) is 0 Å². The lowest BCUT2D eigenvalue weighted by Gasteiger charge is -2.10. The summed E-state index contributed by atoms with van der Waals surface area (Å²) in [6.45, 7) is 1.59. The number of hydrogen-bond acceptors (Lipinski definition) is 2. The highest BCUT2D eigenvalue weighted by Gasteiger charge is 2.06. The zero-order valence-electron chi connectivity index (χ0n) is 7.44. The monoisotopic (exact) mass is 175 g/mol. The number of rotatable bonds is 3. The van der Waals surface area contributed by atoms with Gasteiger partial charge >= 0.3 is 0 Å². The van der Waals surface area contributed by atoms with Crippen LogP contribution in [0.15, 0.2) is 42.5 Å². The SMILES string of the molecule is C1=CC(OCc2ccccc2)NC1. The van der Waals surface area contributed by atoms with Gasteiger partial charge in [0.2, 0.25) is 0 Å². The summed E-state index contributed by atoms with van der Waals surface area (Å²) >= 11 is 0. The van der Waals surface area contributed by atoms with E-state index in [1.165, 1.54) is 5.56 Å². The Morgan fingerprint density at radius 2 is 2.15 bits per heavy atom. The molecule has 1 heterocycles. The topological polar surface area (TPSA) is 21.3 Å². The summed E-state index contributed by atoms with van der Waals surface area (Å²) < 4.78 is 5.59. The third-order valence-corrected chi connectivity index (χ3v) is 2.02. The molecule has 0 amide bonds. The van der Waals surface area contributed by atoms with Crippen LogP contribution in [0.1, 0.15) is 5.56 Å². The van der Waals surface area contributed by atoms with E-state index in [0.29, 0.717) is 6.61 Å². The van der Waals surface area contributed by atoms with Gasteiger partial charge in [0.1, 0.15) is 6.23 Å². The van der Waals surface area contributed by atoms with Crippen molar-refractivity contribution in [2.45, 2.75) is 12.8 Å². The van der Waals surface area contributed by atoms with Gasteiger partial charge in [-0.15, -0.1) is 0 Å². The third kappa shape index (κ3) is 2.41. The van der Waals surface area contributed by atoms with E-state index in [4.69, 9.17) is 4.74 Å². The van der Waals surface area contributed by atoms with E-state index in [1.807, 2.05) is 24.3 Å². The molecule has 0 aromatic heterocycles. The predicted molar refractivity (Wildman–Crippen MR) is 52.2 cm³/mol. The first-order valence-corrected chi connectivity index (χ1v) is 4.51. The highest BCUT2D eigenvalue weighted by atomic mass is 16.5. The molecule has 1 aromatic carbocycles. The Hall–Kier alpha value is -1.12. The zero-order valence-corrected chi connectivity index (χ0v) is 7.44. The molecule has 68 valence electrons. The molecule has 0 saturated carbocycles. The Morgan fingerprint density at radius 3 is 2.85 bits per heavy atom. The lowest BCUT2D eigenvalue weighted by molar-refractivity contribution is 0.0576. The molecule has 1 aliphatic rings. The molecule has 1 aromatic rings. The van der Waals surface area contributed by atoms with Gasteiger partial charge in [-0.3, -0.25) is 5.32 Å². The van der Waals surface area contributed by atoms with E-state index < -0.39 is 0 Å². The fraction of sp³-hybridized carbons (Fsp3) is 0.273. The van der Waals surface area contributed by atoms with Gasteiger partial charge in [-0.25, -0.2) is 0 Å². The molecule has 0 bridgehead atoms. The van der Waals surface area contributed by atoms with Crippen molar-refractivity contribution in [1.82, 2.24) is 5.32 Å². The Balaban J connectivity index is 1.82. The van der Waals surface area contributed by atoms with Crippen LogP contribution in [0.25, 0.3) is 0 Å². The average Bonchev–Trinajstić information content (AvgIpc) is 2.69. The van der Waals surface area contributed by atoms with Crippen LogP contribution in [0.4, 0.5) is 0 Å². The Kier molecular flexibility index (Phi) is 2.75. The van der Waals surface area contributed by atoms with Gasteiger partial charge in [0.05, 0.1) is 6.61 Å². The van der Waals surface area contributed by atoms with Crippen LogP contribution in [0.3, 0.4) is 0 Å². The Morgan fingerprint density at radius 1 is 1.31 bits per heavy atom. The second-order valence-corrected chi connectivity index (χ2v) is 3.05. The van der Waals surface area contributed by atoms with E-state index in [9.17, 15) is 0 Å². The standard InChI is InChI=1S/C11H13NO/c1-2-5-10(6-3-1)9-13-11-7-4-8-12-11/h1-7,11-12H,8-9H2. The summed E-state index contributed by atoms with van der Waals surface area (Å²) in [4.78, 5) is 0. The molecular formula is C11H13NO. The van der Waals surface area contributed by atoms with E-state index in [1.54, 1.807) is 0 Å². The molecule has 1 atom stereocenters. The maximum absolute atomic E-state index is 5.59. The Bertz CT molecular complexity index is 281. The van der Waals surface area contributed by atoms with Crippen molar-refractivity contribution in [1.29, 1.82) is 0 Å². The lowest BCUT2D eigenvalue weighted by atomic mass is 10.2. The van der Waals surface area contributed by atoms with Crippen molar-refractivity contribution >= 4 is 0 Å². The first-order chi connectivity index (χ1) is 6.45. The van der Waals surface area contributed by atoms with Crippen LogP contribution in [-0.2, 0) is 11.3 Å². The second-order valence-electron chi connectivity index (χ2n) is 3.05. The molecule has 1 aliphatic heterocycles. The zero-order chi connectivity index (χ0) is 8.93. The molecule has 1 unspecified atom stereocenters. The van der Waals surface area contributed by atoms with Crippen molar-refractivity contribution in [2.24, 2.45) is 0 Å². The highest BCUT2D eigenvalue weighted by Crippen LogP contribution is 2.04. The second kappa shape index (κ2) is 4.21. The quantitative estimate of drug-likeness (QED) is 0.706. The summed E-state index contributed by atoms with van der Waals surface area (Å²) in [6.07, 6.45) is 4.22. The average molecular weight is 175 g/mol. The van der Waals surface area contributed by atoms with Crippen LogP contribution < -0.4 is 5.32 Å². The van der Waals surface area contributed by atoms with Gasteiger partial charge in [0.25, 0.3) is 0 Å². The van der Waals surface area contributed by atoms with E-state index >= 15 is 0 Å². The van der Waals surface area contributed by atoms with Crippen LogP contribution in [0.2, 0.25) is 0 Å². The van der Waals surface area contributed by atoms with Gasteiger partial charge in [-0.2, -0.15) is 0 Å². The largest absolute Gasteiger partial charge is 0.355 e. The summed E-state index contributed by atoms with van der Waals surface area (Å²) in [7, 11) is 0. The number of nitrogens with one attached hydrogen (secondary N) is 1. The van der Waals surface area contributed by atoms with Gasteiger partial charge in [0, 0.05) is 6.54 Å². The molecule has 0 spiro atoms. The third-order valence-electron chi connectivity index (χ3n) is 2.02. The molecule has 1 N–H and O–H groups in total. The summed E-state index contributed by atoms with van der Waals surface area (Å²) in [5.41, 5.74) is 1.21. The molecule has 0 radical (unpaired) electrons. The highest BCUT2D eigenvalue weighted by molar-refractivity contribution is 5.13. The summed E-state index contributed by atoms with van der Waals surface area (Å²) in [6, 6.07) is 10.2. The Labute approximate surface area is 78.2 Å².